The molecule has 16 heavy (non-hydrogen) atoms. The van der Waals surface area contributed by atoms with E-state index >= 15 is 0 Å². The zero-order valence-electron chi connectivity index (χ0n) is 10.9. The quantitative estimate of drug-likeness (QED) is 0.610. The molecule has 0 fully saturated rings. The molecule has 0 atom stereocenters. The Hall–Kier alpha value is -1.02. The van der Waals surface area contributed by atoms with Gasteiger partial charge in [-0.2, -0.15) is 0 Å². The van der Waals surface area contributed by atoms with Crippen molar-refractivity contribution in [3.63, 3.8) is 0 Å². The van der Waals surface area contributed by atoms with Crippen LogP contribution in [0.1, 0.15) is 50.3 Å². The van der Waals surface area contributed by atoms with E-state index in [1.165, 1.54) is 5.56 Å². The van der Waals surface area contributed by atoms with Gasteiger partial charge >= 0.3 is 0 Å². The summed E-state index contributed by atoms with van der Waals surface area (Å²) in [6.07, 6.45) is 2.23. The summed E-state index contributed by atoms with van der Waals surface area (Å²) in [6.45, 7) is 10.6. The maximum atomic E-state index is 8.81. The van der Waals surface area contributed by atoms with E-state index in [0.29, 0.717) is 5.75 Å². The maximum Gasteiger partial charge on any atom is 0.170 e. The minimum Gasteiger partial charge on any atom is -0.340 e. The zero-order chi connectivity index (χ0) is 12.3. The third kappa shape index (κ3) is 2.22. The molecule has 90 valence electrons. The standard InChI is InChI=1S/C14H22O2/c1-6-14(5,7-2)12-8-10(3)13(16-15)11(4)9-12/h8-9,15H,6-7H2,1-5H3. The van der Waals surface area contributed by atoms with Gasteiger partial charge in [0.15, 0.2) is 5.75 Å². The summed E-state index contributed by atoms with van der Waals surface area (Å²) >= 11 is 0. The smallest absolute Gasteiger partial charge is 0.170 e. The predicted molar refractivity (Wildman–Crippen MR) is 67.1 cm³/mol. The molecule has 0 aliphatic carbocycles. The molecule has 0 aliphatic heterocycles. The van der Waals surface area contributed by atoms with E-state index in [9.17, 15) is 0 Å². The van der Waals surface area contributed by atoms with Gasteiger partial charge in [0.05, 0.1) is 0 Å². The second kappa shape index (κ2) is 4.88. The summed E-state index contributed by atoms with van der Waals surface area (Å²) in [5.74, 6) is 0.582. The van der Waals surface area contributed by atoms with Crippen molar-refractivity contribution in [2.75, 3.05) is 0 Å². The number of hydrogen-bond donors (Lipinski definition) is 1. The first-order valence-corrected chi connectivity index (χ1v) is 5.91. The summed E-state index contributed by atoms with van der Waals surface area (Å²) in [5.41, 5.74) is 3.52. The summed E-state index contributed by atoms with van der Waals surface area (Å²) in [6, 6.07) is 4.23. The first-order chi connectivity index (χ1) is 7.48. The highest BCUT2D eigenvalue weighted by atomic mass is 17.1. The van der Waals surface area contributed by atoms with Gasteiger partial charge in [0, 0.05) is 0 Å². The fraction of sp³-hybridized carbons (Fsp3) is 0.571. The van der Waals surface area contributed by atoms with Crippen molar-refractivity contribution >= 4 is 0 Å². The molecule has 0 saturated heterocycles. The van der Waals surface area contributed by atoms with Gasteiger partial charge in [-0.1, -0.05) is 32.9 Å². The molecule has 0 saturated carbocycles. The van der Waals surface area contributed by atoms with E-state index in [0.717, 1.165) is 24.0 Å². The Morgan fingerprint density at radius 2 is 1.56 bits per heavy atom. The topological polar surface area (TPSA) is 29.5 Å². The van der Waals surface area contributed by atoms with Crippen molar-refractivity contribution in [2.24, 2.45) is 0 Å². The molecule has 0 aromatic heterocycles. The lowest BCUT2D eigenvalue weighted by Crippen LogP contribution is -2.20. The maximum absolute atomic E-state index is 8.81. The van der Waals surface area contributed by atoms with Crippen LogP contribution < -0.4 is 4.89 Å². The molecule has 1 aromatic rings. The molecule has 0 spiro atoms. The fourth-order valence-electron chi connectivity index (χ4n) is 2.10. The average molecular weight is 222 g/mol. The lowest BCUT2D eigenvalue weighted by molar-refractivity contribution is -0.138. The molecule has 0 aliphatic rings. The van der Waals surface area contributed by atoms with Crippen molar-refractivity contribution in [2.45, 2.75) is 52.9 Å². The second-order valence-electron chi connectivity index (χ2n) is 4.80. The summed E-state index contributed by atoms with van der Waals surface area (Å²) < 4.78 is 0. The molecule has 0 amide bonds. The van der Waals surface area contributed by atoms with Crippen molar-refractivity contribution in [3.8, 4) is 5.75 Å². The third-order valence-corrected chi connectivity index (χ3v) is 3.81. The Labute approximate surface area is 98.2 Å². The van der Waals surface area contributed by atoms with E-state index in [2.05, 4.69) is 37.8 Å². The van der Waals surface area contributed by atoms with Gasteiger partial charge < -0.3 is 4.89 Å². The number of rotatable bonds is 4. The van der Waals surface area contributed by atoms with Gasteiger partial charge in [0.1, 0.15) is 0 Å². The van der Waals surface area contributed by atoms with Crippen LogP contribution in [0.25, 0.3) is 0 Å². The molecule has 0 bridgehead atoms. The van der Waals surface area contributed by atoms with Crippen molar-refractivity contribution < 1.29 is 10.1 Å². The minimum atomic E-state index is 0.212. The Morgan fingerprint density at radius 3 is 1.88 bits per heavy atom. The van der Waals surface area contributed by atoms with Crippen LogP contribution in [-0.2, 0) is 5.41 Å². The number of hydrogen-bond acceptors (Lipinski definition) is 2. The molecule has 0 unspecified atom stereocenters. The molecule has 2 heteroatoms. The molecular weight excluding hydrogens is 200 g/mol. The monoisotopic (exact) mass is 222 g/mol. The highest BCUT2D eigenvalue weighted by Gasteiger charge is 2.23. The normalized spacial score (nSPS) is 11.6. The summed E-state index contributed by atoms with van der Waals surface area (Å²) in [7, 11) is 0. The van der Waals surface area contributed by atoms with Gasteiger partial charge in [-0.15, -0.1) is 0 Å². The molecule has 1 aromatic carbocycles. The van der Waals surface area contributed by atoms with Gasteiger partial charge in [-0.3, -0.25) is 0 Å². The van der Waals surface area contributed by atoms with Crippen molar-refractivity contribution in [3.05, 3.63) is 28.8 Å². The third-order valence-electron chi connectivity index (χ3n) is 3.81. The second-order valence-corrected chi connectivity index (χ2v) is 4.80. The highest BCUT2D eigenvalue weighted by molar-refractivity contribution is 5.45. The number of aryl methyl sites for hydroxylation is 2. The summed E-state index contributed by atoms with van der Waals surface area (Å²) in [4.78, 5) is 4.41. The van der Waals surface area contributed by atoms with E-state index in [-0.39, 0.29) is 5.41 Å². The van der Waals surface area contributed by atoms with Gasteiger partial charge in [-0.05, 0) is 48.8 Å². The molecule has 1 N–H and O–H groups in total. The van der Waals surface area contributed by atoms with Crippen LogP contribution in [0.15, 0.2) is 12.1 Å². The van der Waals surface area contributed by atoms with Crippen molar-refractivity contribution in [1.82, 2.24) is 0 Å². The fourth-order valence-corrected chi connectivity index (χ4v) is 2.10. The van der Waals surface area contributed by atoms with Crippen LogP contribution in [-0.4, -0.2) is 5.26 Å². The van der Waals surface area contributed by atoms with Crippen LogP contribution in [0.3, 0.4) is 0 Å². The Bertz CT molecular complexity index is 342. The van der Waals surface area contributed by atoms with Gasteiger partial charge in [-0.25, -0.2) is 5.26 Å². The van der Waals surface area contributed by atoms with Gasteiger partial charge in [0.25, 0.3) is 0 Å². The SMILES string of the molecule is CCC(C)(CC)c1cc(C)c(OO)c(C)c1. The highest BCUT2D eigenvalue weighted by Crippen LogP contribution is 2.35. The zero-order valence-corrected chi connectivity index (χ0v) is 10.9. The van der Waals surface area contributed by atoms with Gasteiger partial charge in [0.2, 0.25) is 0 Å². The van der Waals surface area contributed by atoms with E-state index in [1.54, 1.807) is 0 Å². The van der Waals surface area contributed by atoms with Crippen LogP contribution in [0.2, 0.25) is 0 Å². The molecule has 1 rings (SSSR count). The largest absolute Gasteiger partial charge is 0.340 e. The van der Waals surface area contributed by atoms with E-state index in [1.807, 2.05) is 13.8 Å². The first kappa shape index (κ1) is 13.0. The summed E-state index contributed by atoms with van der Waals surface area (Å²) in [5, 5.41) is 8.81. The lowest BCUT2D eigenvalue weighted by Gasteiger charge is -2.28. The Morgan fingerprint density at radius 1 is 1.12 bits per heavy atom. The average Bonchev–Trinajstić information content (AvgIpc) is 2.27. The van der Waals surface area contributed by atoms with E-state index < -0.39 is 0 Å². The van der Waals surface area contributed by atoms with E-state index in [4.69, 9.17) is 5.26 Å². The Balaban J connectivity index is 3.27. The van der Waals surface area contributed by atoms with Crippen LogP contribution in [0, 0.1) is 13.8 Å². The predicted octanol–water partition coefficient (Wildman–Crippen LogP) is 4.23. The molecular formula is C14H22O2. The minimum absolute atomic E-state index is 0.212. The molecule has 0 heterocycles. The number of benzene rings is 1. The van der Waals surface area contributed by atoms with Crippen LogP contribution in [0.5, 0.6) is 5.75 Å². The first-order valence-electron chi connectivity index (χ1n) is 5.91. The van der Waals surface area contributed by atoms with Crippen LogP contribution in [0.4, 0.5) is 0 Å². The Kier molecular flexibility index (Phi) is 3.98. The van der Waals surface area contributed by atoms with Crippen molar-refractivity contribution in [1.29, 1.82) is 0 Å². The lowest BCUT2D eigenvalue weighted by atomic mass is 9.77. The van der Waals surface area contributed by atoms with Crippen LogP contribution >= 0.6 is 0 Å². The molecule has 0 radical (unpaired) electrons. The molecule has 2 nitrogen and oxygen atoms in total.